The Hall–Kier alpha value is -1.91. The van der Waals surface area contributed by atoms with Crippen molar-refractivity contribution in [2.75, 3.05) is 14.2 Å². The third kappa shape index (κ3) is 2.91. The Morgan fingerprint density at radius 1 is 1.05 bits per heavy atom. The molecule has 110 valence electrons. The number of hydrogen-bond acceptors (Lipinski definition) is 3. The Morgan fingerprint density at radius 2 is 1.76 bits per heavy atom. The maximum Gasteiger partial charge on any atom is 0.335 e. The van der Waals surface area contributed by atoms with E-state index in [0.717, 1.165) is 0 Å². The zero-order valence-corrected chi connectivity index (χ0v) is 12.8. The molecule has 0 heterocycles. The largest absolute Gasteiger partial charge is 0.495 e. The SMILES string of the molecule is COc1ccc(-c2cc(C(=O)O)ccc2Cl)c(OC)c1Cl. The Balaban J connectivity index is 2.69. The number of rotatable bonds is 4. The number of carbonyl (C=O) groups is 1. The lowest BCUT2D eigenvalue weighted by molar-refractivity contribution is 0.0697. The van der Waals surface area contributed by atoms with Gasteiger partial charge in [-0.1, -0.05) is 23.2 Å². The molecule has 0 spiro atoms. The van der Waals surface area contributed by atoms with Crippen molar-refractivity contribution in [1.29, 1.82) is 0 Å². The van der Waals surface area contributed by atoms with Gasteiger partial charge >= 0.3 is 5.97 Å². The quantitative estimate of drug-likeness (QED) is 0.906. The minimum Gasteiger partial charge on any atom is -0.495 e. The van der Waals surface area contributed by atoms with E-state index in [1.165, 1.54) is 32.4 Å². The summed E-state index contributed by atoms with van der Waals surface area (Å²) in [6, 6.07) is 7.83. The zero-order chi connectivity index (χ0) is 15.6. The smallest absolute Gasteiger partial charge is 0.335 e. The third-order valence-corrected chi connectivity index (χ3v) is 3.68. The molecular formula is C15H12Cl2O4. The van der Waals surface area contributed by atoms with Crippen molar-refractivity contribution in [3.8, 4) is 22.6 Å². The van der Waals surface area contributed by atoms with Crippen LogP contribution in [0.2, 0.25) is 10.0 Å². The maximum absolute atomic E-state index is 11.1. The topological polar surface area (TPSA) is 55.8 Å². The number of hydrogen-bond donors (Lipinski definition) is 1. The second kappa shape index (κ2) is 6.24. The summed E-state index contributed by atoms with van der Waals surface area (Å²) in [5.74, 6) is -0.199. The van der Waals surface area contributed by atoms with Gasteiger partial charge in [-0.2, -0.15) is 0 Å². The molecule has 0 amide bonds. The summed E-state index contributed by atoms with van der Waals surface area (Å²) in [7, 11) is 2.97. The van der Waals surface area contributed by atoms with Crippen LogP contribution in [0.25, 0.3) is 11.1 Å². The Labute approximate surface area is 131 Å². The Morgan fingerprint density at radius 3 is 2.33 bits per heavy atom. The molecule has 4 nitrogen and oxygen atoms in total. The molecule has 0 saturated carbocycles. The summed E-state index contributed by atoms with van der Waals surface area (Å²) in [6.07, 6.45) is 0. The van der Waals surface area contributed by atoms with Crippen LogP contribution in [0, 0.1) is 0 Å². The first kappa shape index (κ1) is 15.5. The van der Waals surface area contributed by atoms with Gasteiger partial charge in [0.1, 0.15) is 16.5 Å². The van der Waals surface area contributed by atoms with Gasteiger partial charge in [-0.15, -0.1) is 0 Å². The number of aromatic carboxylic acids is 1. The second-order valence-corrected chi connectivity index (χ2v) is 4.95. The summed E-state index contributed by atoms with van der Waals surface area (Å²) >= 11 is 12.4. The first-order valence-corrected chi connectivity index (χ1v) is 6.69. The lowest BCUT2D eigenvalue weighted by atomic mass is 10.0. The normalized spacial score (nSPS) is 10.3. The van der Waals surface area contributed by atoms with Gasteiger partial charge < -0.3 is 14.6 Å². The highest BCUT2D eigenvalue weighted by molar-refractivity contribution is 6.35. The van der Waals surface area contributed by atoms with Crippen LogP contribution in [0.5, 0.6) is 11.5 Å². The minimum absolute atomic E-state index is 0.128. The molecule has 21 heavy (non-hydrogen) atoms. The van der Waals surface area contributed by atoms with Crippen LogP contribution in [-0.4, -0.2) is 25.3 Å². The first-order valence-electron chi connectivity index (χ1n) is 5.93. The average molecular weight is 327 g/mol. The molecule has 0 radical (unpaired) electrons. The summed E-state index contributed by atoms with van der Waals surface area (Å²) in [5.41, 5.74) is 1.25. The molecule has 2 rings (SSSR count). The monoisotopic (exact) mass is 326 g/mol. The maximum atomic E-state index is 11.1. The fraction of sp³-hybridized carbons (Fsp3) is 0.133. The number of benzene rings is 2. The van der Waals surface area contributed by atoms with E-state index in [0.29, 0.717) is 32.7 Å². The van der Waals surface area contributed by atoms with Crippen LogP contribution in [0.1, 0.15) is 10.4 Å². The zero-order valence-electron chi connectivity index (χ0n) is 11.3. The number of carboxylic acid groups (broad SMARTS) is 1. The predicted molar refractivity (Wildman–Crippen MR) is 82.0 cm³/mol. The van der Waals surface area contributed by atoms with Crippen molar-refractivity contribution in [3.63, 3.8) is 0 Å². The Kier molecular flexibility index (Phi) is 4.60. The van der Waals surface area contributed by atoms with Crippen molar-refractivity contribution in [2.24, 2.45) is 0 Å². The van der Waals surface area contributed by atoms with Gasteiger partial charge in [0, 0.05) is 16.1 Å². The van der Waals surface area contributed by atoms with Gasteiger partial charge in [-0.3, -0.25) is 0 Å². The molecule has 0 fully saturated rings. The molecule has 2 aromatic rings. The van der Waals surface area contributed by atoms with Gasteiger partial charge in [0.15, 0.2) is 0 Å². The lowest BCUT2D eigenvalue weighted by Gasteiger charge is -2.14. The van der Waals surface area contributed by atoms with E-state index in [1.807, 2.05) is 0 Å². The fourth-order valence-corrected chi connectivity index (χ4v) is 2.51. The molecule has 0 atom stereocenters. The van der Waals surface area contributed by atoms with Crippen molar-refractivity contribution < 1.29 is 19.4 Å². The van der Waals surface area contributed by atoms with Gasteiger partial charge in [0.2, 0.25) is 0 Å². The van der Waals surface area contributed by atoms with Crippen molar-refractivity contribution >= 4 is 29.2 Å². The summed E-state index contributed by atoms with van der Waals surface area (Å²) in [6.45, 7) is 0. The highest BCUT2D eigenvalue weighted by atomic mass is 35.5. The molecule has 0 saturated heterocycles. The first-order chi connectivity index (χ1) is 9.99. The van der Waals surface area contributed by atoms with Crippen LogP contribution in [0.15, 0.2) is 30.3 Å². The Bertz CT molecular complexity index is 698. The molecule has 0 aliphatic carbocycles. The number of carboxylic acids is 1. The van der Waals surface area contributed by atoms with Crippen molar-refractivity contribution in [1.82, 2.24) is 0 Å². The summed E-state index contributed by atoms with van der Waals surface area (Å²) in [5, 5.41) is 9.79. The van der Waals surface area contributed by atoms with Crippen LogP contribution in [-0.2, 0) is 0 Å². The van der Waals surface area contributed by atoms with E-state index in [1.54, 1.807) is 12.1 Å². The molecular weight excluding hydrogens is 315 g/mol. The van der Waals surface area contributed by atoms with Crippen LogP contribution < -0.4 is 9.47 Å². The highest BCUT2D eigenvalue weighted by Crippen LogP contribution is 2.43. The predicted octanol–water partition coefficient (Wildman–Crippen LogP) is 4.38. The lowest BCUT2D eigenvalue weighted by Crippen LogP contribution is -1.98. The average Bonchev–Trinajstić information content (AvgIpc) is 2.47. The highest BCUT2D eigenvalue weighted by Gasteiger charge is 2.17. The molecule has 6 heteroatoms. The van der Waals surface area contributed by atoms with Crippen LogP contribution >= 0.6 is 23.2 Å². The summed E-state index contributed by atoms with van der Waals surface area (Å²) in [4.78, 5) is 11.1. The van der Waals surface area contributed by atoms with Crippen LogP contribution in [0.4, 0.5) is 0 Å². The van der Waals surface area contributed by atoms with Gasteiger partial charge in [-0.05, 0) is 30.3 Å². The molecule has 0 unspecified atom stereocenters. The van der Waals surface area contributed by atoms with E-state index in [2.05, 4.69) is 0 Å². The van der Waals surface area contributed by atoms with E-state index in [4.69, 9.17) is 37.8 Å². The third-order valence-electron chi connectivity index (χ3n) is 2.99. The molecule has 0 aliphatic rings. The molecule has 1 N–H and O–H groups in total. The van der Waals surface area contributed by atoms with E-state index < -0.39 is 5.97 Å². The van der Waals surface area contributed by atoms with Gasteiger partial charge in [0.05, 0.1) is 19.8 Å². The summed E-state index contributed by atoms with van der Waals surface area (Å²) < 4.78 is 10.4. The number of ether oxygens (including phenoxy) is 2. The number of methoxy groups -OCH3 is 2. The van der Waals surface area contributed by atoms with Crippen molar-refractivity contribution in [3.05, 3.63) is 45.9 Å². The second-order valence-electron chi connectivity index (χ2n) is 4.16. The van der Waals surface area contributed by atoms with E-state index in [9.17, 15) is 4.79 Å². The van der Waals surface area contributed by atoms with E-state index >= 15 is 0 Å². The molecule has 0 bridgehead atoms. The fourth-order valence-electron chi connectivity index (χ4n) is 1.97. The number of halogens is 2. The van der Waals surface area contributed by atoms with Gasteiger partial charge in [0.25, 0.3) is 0 Å². The molecule has 0 aromatic heterocycles. The molecule has 2 aromatic carbocycles. The van der Waals surface area contributed by atoms with Crippen molar-refractivity contribution in [2.45, 2.75) is 0 Å². The standard InChI is InChI=1S/C15H12Cl2O4/c1-20-12-6-4-9(14(21-2)13(12)17)10-7-8(15(18)19)3-5-11(10)16/h3-7H,1-2H3,(H,18,19). The van der Waals surface area contributed by atoms with Crippen LogP contribution in [0.3, 0.4) is 0 Å². The van der Waals surface area contributed by atoms with E-state index in [-0.39, 0.29) is 5.56 Å². The molecule has 0 aliphatic heterocycles. The van der Waals surface area contributed by atoms with Gasteiger partial charge in [-0.25, -0.2) is 4.79 Å². The minimum atomic E-state index is -1.04.